The van der Waals surface area contributed by atoms with Gasteiger partial charge < -0.3 is 0 Å². The Morgan fingerprint density at radius 2 is 1.67 bits per heavy atom. The highest BCUT2D eigenvalue weighted by Crippen LogP contribution is 2.33. The Morgan fingerprint density at radius 3 is 2.11 bits per heavy atom. The summed E-state index contributed by atoms with van der Waals surface area (Å²) in [5.41, 5.74) is 1.21. The summed E-state index contributed by atoms with van der Waals surface area (Å²) in [7, 11) is -2.88. The van der Waals surface area contributed by atoms with Gasteiger partial charge >= 0.3 is 0 Å². The van der Waals surface area contributed by atoms with Crippen LogP contribution in [0.4, 0.5) is 0 Å². The van der Waals surface area contributed by atoms with Crippen LogP contribution in [0.1, 0.15) is 18.4 Å². The highest BCUT2D eigenvalue weighted by atomic mass is 79.9. The molecule has 0 unspecified atom stereocenters. The predicted molar refractivity (Wildman–Crippen MR) is 84.7 cm³/mol. The van der Waals surface area contributed by atoms with Crippen molar-refractivity contribution in [3.8, 4) is 0 Å². The molecule has 0 aliphatic rings. The lowest BCUT2D eigenvalue weighted by atomic mass is 9.81. The number of benzene rings is 1. The van der Waals surface area contributed by atoms with Gasteiger partial charge in [-0.25, -0.2) is 8.42 Å². The fourth-order valence-electron chi connectivity index (χ4n) is 1.93. The Bertz CT molecular complexity index is 453. The van der Waals surface area contributed by atoms with Gasteiger partial charge in [-0.1, -0.05) is 62.2 Å². The molecule has 0 spiro atoms. The monoisotopic (exact) mass is 396 g/mol. The average molecular weight is 398 g/mol. The summed E-state index contributed by atoms with van der Waals surface area (Å²) in [6, 6.07) is 10.2. The molecule has 102 valence electrons. The molecule has 5 heteroatoms. The van der Waals surface area contributed by atoms with E-state index in [4.69, 9.17) is 0 Å². The molecule has 1 aromatic carbocycles. The van der Waals surface area contributed by atoms with Crippen LogP contribution in [0.15, 0.2) is 30.3 Å². The van der Waals surface area contributed by atoms with Crippen molar-refractivity contribution in [2.75, 3.05) is 22.7 Å². The van der Waals surface area contributed by atoms with Crippen molar-refractivity contribution in [2.24, 2.45) is 0 Å². The first-order valence-electron chi connectivity index (χ1n) is 5.79. The molecule has 0 radical (unpaired) electrons. The smallest absolute Gasteiger partial charge is 0.147 e. The molecule has 0 heterocycles. The van der Waals surface area contributed by atoms with Crippen molar-refractivity contribution in [1.29, 1.82) is 0 Å². The van der Waals surface area contributed by atoms with Gasteiger partial charge in [0.2, 0.25) is 0 Å². The van der Waals surface area contributed by atoms with Gasteiger partial charge in [-0.2, -0.15) is 0 Å². The lowest BCUT2D eigenvalue weighted by molar-refractivity contribution is 0.495. The molecule has 0 aliphatic heterocycles. The number of hydrogen-bond acceptors (Lipinski definition) is 2. The quantitative estimate of drug-likeness (QED) is 0.659. The summed E-state index contributed by atoms with van der Waals surface area (Å²) >= 11 is 7.14. The molecular formula is C13H18Br2O2S. The van der Waals surface area contributed by atoms with E-state index in [1.54, 1.807) is 0 Å². The molecular weight excluding hydrogens is 380 g/mol. The third-order valence-corrected chi connectivity index (χ3v) is 6.25. The van der Waals surface area contributed by atoms with Gasteiger partial charge in [0.15, 0.2) is 0 Å². The van der Waals surface area contributed by atoms with E-state index in [9.17, 15) is 8.42 Å². The normalized spacial score (nSPS) is 12.6. The molecule has 0 saturated heterocycles. The Hall–Kier alpha value is 0.130. The van der Waals surface area contributed by atoms with Crippen LogP contribution >= 0.6 is 31.9 Å². The number of sulfone groups is 1. The van der Waals surface area contributed by atoms with Crippen LogP contribution < -0.4 is 0 Å². The molecule has 2 nitrogen and oxygen atoms in total. The summed E-state index contributed by atoms with van der Waals surface area (Å²) in [5, 5.41) is 1.64. The maximum atomic E-state index is 11.2. The molecule has 0 atom stereocenters. The third-order valence-electron chi connectivity index (χ3n) is 3.07. The van der Waals surface area contributed by atoms with E-state index in [2.05, 4.69) is 44.0 Å². The van der Waals surface area contributed by atoms with Crippen LogP contribution in [0.5, 0.6) is 0 Å². The minimum Gasteiger partial charge on any atom is -0.229 e. The van der Waals surface area contributed by atoms with E-state index < -0.39 is 9.84 Å². The number of hydrogen-bond donors (Lipinski definition) is 0. The van der Waals surface area contributed by atoms with Crippen molar-refractivity contribution in [3.05, 3.63) is 35.9 Å². The van der Waals surface area contributed by atoms with Crippen molar-refractivity contribution in [1.82, 2.24) is 0 Å². The summed E-state index contributed by atoms with van der Waals surface area (Å²) in [6.07, 6.45) is 2.82. The van der Waals surface area contributed by atoms with Crippen molar-refractivity contribution < 1.29 is 8.42 Å². The van der Waals surface area contributed by atoms with Gasteiger partial charge in [0.05, 0.1) is 0 Å². The number of alkyl halides is 2. The van der Waals surface area contributed by atoms with Crippen molar-refractivity contribution in [2.45, 2.75) is 18.3 Å². The van der Waals surface area contributed by atoms with Gasteiger partial charge in [0.25, 0.3) is 0 Å². The first-order chi connectivity index (χ1) is 8.43. The molecule has 0 fully saturated rings. The van der Waals surface area contributed by atoms with E-state index in [-0.39, 0.29) is 11.2 Å². The first-order valence-corrected chi connectivity index (χ1v) is 10.1. The maximum absolute atomic E-state index is 11.2. The van der Waals surface area contributed by atoms with Crippen LogP contribution in [0.25, 0.3) is 0 Å². The molecule has 0 amide bonds. The maximum Gasteiger partial charge on any atom is 0.147 e. The summed E-state index contributed by atoms with van der Waals surface area (Å²) in [5.74, 6) is 0.252. The minimum atomic E-state index is -2.88. The highest BCUT2D eigenvalue weighted by Gasteiger charge is 2.29. The highest BCUT2D eigenvalue weighted by molar-refractivity contribution is 9.09. The van der Waals surface area contributed by atoms with E-state index >= 15 is 0 Å². The van der Waals surface area contributed by atoms with Gasteiger partial charge in [0.1, 0.15) is 9.84 Å². The van der Waals surface area contributed by atoms with Crippen LogP contribution in [-0.2, 0) is 15.3 Å². The van der Waals surface area contributed by atoms with Crippen LogP contribution in [0, 0.1) is 0 Å². The van der Waals surface area contributed by atoms with E-state index in [1.165, 1.54) is 11.8 Å². The molecule has 0 aliphatic carbocycles. The molecule has 18 heavy (non-hydrogen) atoms. The lowest BCUT2D eigenvalue weighted by Crippen LogP contribution is -2.30. The topological polar surface area (TPSA) is 34.1 Å². The van der Waals surface area contributed by atoms with E-state index in [0.717, 1.165) is 17.1 Å². The Labute approximate surface area is 126 Å². The second-order valence-corrected chi connectivity index (χ2v) is 8.03. The third kappa shape index (κ3) is 4.67. The number of halogens is 2. The standard InChI is InChI=1S/C13H18Br2O2S/c1-18(16,17)9-5-8-13(10-14,11-15)12-6-3-2-4-7-12/h2-4,6-7H,5,8-11H2,1H3. The largest absolute Gasteiger partial charge is 0.229 e. The summed E-state index contributed by atoms with van der Waals surface area (Å²) in [6.45, 7) is 0. The number of rotatable bonds is 7. The molecule has 1 aromatic rings. The molecule has 0 bridgehead atoms. The second kappa shape index (κ2) is 7.06. The zero-order valence-electron chi connectivity index (χ0n) is 10.4. The molecule has 0 saturated carbocycles. The Morgan fingerprint density at radius 1 is 1.11 bits per heavy atom. The first kappa shape index (κ1) is 16.2. The van der Waals surface area contributed by atoms with E-state index in [0.29, 0.717) is 6.42 Å². The van der Waals surface area contributed by atoms with Crippen LogP contribution in [-0.4, -0.2) is 31.1 Å². The SMILES string of the molecule is CS(=O)(=O)CCCC(CBr)(CBr)c1ccccc1. The average Bonchev–Trinajstić information content (AvgIpc) is 2.35. The summed E-state index contributed by atoms with van der Waals surface area (Å²) in [4.78, 5) is 0. The zero-order valence-corrected chi connectivity index (χ0v) is 14.4. The van der Waals surface area contributed by atoms with Gasteiger partial charge in [-0.15, -0.1) is 0 Å². The summed E-state index contributed by atoms with van der Waals surface area (Å²) < 4.78 is 22.4. The molecule has 1 rings (SSSR count). The van der Waals surface area contributed by atoms with Crippen molar-refractivity contribution in [3.63, 3.8) is 0 Å². The molecule has 0 aromatic heterocycles. The van der Waals surface area contributed by atoms with Crippen LogP contribution in [0.3, 0.4) is 0 Å². The lowest BCUT2D eigenvalue weighted by Gasteiger charge is -2.30. The zero-order chi connectivity index (χ0) is 13.6. The van der Waals surface area contributed by atoms with Crippen molar-refractivity contribution >= 4 is 41.7 Å². The van der Waals surface area contributed by atoms with Crippen LogP contribution in [0.2, 0.25) is 0 Å². The fourth-order valence-corrected chi connectivity index (χ4v) is 4.74. The van der Waals surface area contributed by atoms with E-state index in [1.807, 2.05) is 18.2 Å². The minimum absolute atomic E-state index is 0.0358. The molecule has 0 N–H and O–H groups in total. The van der Waals surface area contributed by atoms with Gasteiger partial charge in [-0.05, 0) is 18.4 Å². The van der Waals surface area contributed by atoms with Gasteiger partial charge in [-0.3, -0.25) is 0 Å². The Balaban J connectivity index is 2.82. The fraction of sp³-hybridized carbons (Fsp3) is 0.538. The second-order valence-electron chi connectivity index (χ2n) is 4.65. The van der Waals surface area contributed by atoms with Gasteiger partial charge in [0, 0.05) is 28.1 Å². The predicted octanol–water partition coefficient (Wildman–Crippen LogP) is 3.54. The Kier molecular flexibility index (Phi) is 6.35.